The standard InChI is InChI=1S/C5H10O3.2C3H6O3.C2H6O/c1-3-8-5(7)4(2)6;2*1-2(4)3(5)6;1-2-3/h4,6H,3H2,1-2H3;2*2,4H,1H3,(H,5,6);3H,2H2,1H3. The highest BCUT2D eigenvalue weighted by atomic mass is 16.5. The topological polar surface area (TPSA) is 182 Å². The van der Waals surface area contributed by atoms with Crippen LogP contribution in [0.1, 0.15) is 34.6 Å². The molecule has 0 aliphatic heterocycles. The molecule has 3 atom stereocenters. The summed E-state index contributed by atoms with van der Waals surface area (Å²) in [7, 11) is 0. The average Bonchev–Trinajstić information content (AvgIpc) is 2.40. The molecule has 0 spiro atoms. The Labute approximate surface area is 134 Å². The molecule has 0 aliphatic carbocycles. The Morgan fingerprint density at radius 1 is 0.826 bits per heavy atom. The van der Waals surface area contributed by atoms with E-state index < -0.39 is 36.2 Å². The number of carbonyl (C=O) groups excluding carboxylic acids is 1. The molecule has 10 heteroatoms. The first-order valence-electron chi connectivity index (χ1n) is 6.66. The molecule has 6 N–H and O–H groups in total. The SMILES string of the molecule is CC(O)C(=O)O.CC(O)C(=O)O.CCO.CCOC(=O)C(C)O. The predicted octanol–water partition coefficient (Wildman–Crippen LogP) is -1.17. The Bertz CT molecular complexity index is 281. The van der Waals surface area contributed by atoms with Gasteiger partial charge in [0.15, 0.2) is 0 Å². The summed E-state index contributed by atoms with van der Waals surface area (Å²) in [5.41, 5.74) is 0. The fraction of sp³-hybridized carbons (Fsp3) is 0.769. The molecular formula is C13H28O10. The van der Waals surface area contributed by atoms with E-state index in [9.17, 15) is 14.4 Å². The first-order chi connectivity index (χ1) is 10.4. The van der Waals surface area contributed by atoms with Crippen LogP contribution in [-0.2, 0) is 19.1 Å². The second-order valence-electron chi connectivity index (χ2n) is 3.77. The van der Waals surface area contributed by atoms with Gasteiger partial charge in [0.05, 0.1) is 6.61 Å². The predicted molar refractivity (Wildman–Crippen MR) is 79.7 cm³/mol. The van der Waals surface area contributed by atoms with Crippen molar-refractivity contribution < 1.29 is 49.8 Å². The molecule has 140 valence electrons. The lowest BCUT2D eigenvalue weighted by Gasteiger charge is -2.01. The molecule has 0 aliphatic rings. The lowest BCUT2D eigenvalue weighted by molar-refractivity contribution is -0.152. The van der Waals surface area contributed by atoms with E-state index in [1.807, 2.05) is 0 Å². The maximum atomic E-state index is 10.3. The number of carbonyl (C=O) groups is 3. The van der Waals surface area contributed by atoms with Crippen LogP contribution in [0.5, 0.6) is 0 Å². The third kappa shape index (κ3) is 38.4. The van der Waals surface area contributed by atoms with E-state index >= 15 is 0 Å². The van der Waals surface area contributed by atoms with Crippen molar-refractivity contribution >= 4 is 17.9 Å². The second kappa shape index (κ2) is 20.2. The Morgan fingerprint density at radius 3 is 1.09 bits per heavy atom. The molecular weight excluding hydrogens is 316 g/mol. The van der Waals surface area contributed by atoms with Gasteiger partial charge in [-0.25, -0.2) is 14.4 Å². The smallest absolute Gasteiger partial charge is 0.334 e. The summed E-state index contributed by atoms with van der Waals surface area (Å²) in [6, 6.07) is 0. The van der Waals surface area contributed by atoms with Gasteiger partial charge in [-0.15, -0.1) is 0 Å². The Morgan fingerprint density at radius 2 is 1.04 bits per heavy atom. The van der Waals surface area contributed by atoms with E-state index in [2.05, 4.69) is 4.74 Å². The first kappa shape index (κ1) is 29.3. The zero-order valence-corrected chi connectivity index (χ0v) is 14.0. The van der Waals surface area contributed by atoms with Gasteiger partial charge in [-0.2, -0.15) is 0 Å². The van der Waals surface area contributed by atoms with Crippen molar-refractivity contribution in [3.05, 3.63) is 0 Å². The zero-order chi connectivity index (χ0) is 19.6. The fourth-order valence-electron chi connectivity index (χ4n) is 0.263. The summed E-state index contributed by atoms with van der Waals surface area (Å²) in [6.45, 7) is 7.71. The summed E-state index contributed by atoms with van der Waals surface area (Å²) < 4.78 is 4.41. The maximum absolute atomic E-state index is 10.3. The van der Waals surface area contributed by atoms with Crippen molar-refractivity contribution in [2.24, 2.45) is 0 Å². The summed E-state index contributed by atoms with van der Waals surface area (Å²) >= 11 is 0. The molecule has 0 bridgehead atoms. The number of esters is 1. The van der Waals surface area contributed by atoms with Gasteiger partial charge >= 0.3 is 17.9 Å². The van der Waals surface area contributed by atoms with E-state index in [-0.39, 0.29) is 6.61 Å². The highest BCUT2D eigenvalue weighted by molar-refractivity contribution is 5.73. The van der Waals surface area contributed by atoms with E-state index in [1.165, 1.54) is 20.8 Å². The third-order valence-corrected chi connectivity index (χ3v) is 1.34. The molecule has 0 rings (SSSR count). The van der Waals surface area contributed by atoms with Crippen LogP contribution >= 0.6 is 0 Å². The molecule has 0 radical (unpaired) electrons. The van der Waals surface area contributed by atoms with E-state index in [0.29, 0.717) is 6.61 Å². The highest BCUT2D eigenvalue weighted by Crippen LogP contribution is 1.84. The number of ether oxygens (including phenoxy) is 1. The molecule has 3 unspecified atom stereocenters. The normalized spacial score (nSPS) is 12.4. The lowest BCUT2D eigenvalue weighted by atomic mass is 10.4. The Hall–Kier alpha value is -1.75. The van der Waals surface area contributed by atoms with Crippen LogP contribution in [-0.4, -0.2) is 80.1 Å². The number of aliphatic hydroxyl groups is 4. The highest BCUT2D eigenvalue weighted by Gasteiger charge is 2.07. The molecule has 0 aromatic carbocycles. The zero-order valence-electron chi connectivity index (χ0n) is 14.0. The van der Waals surface area contributed by atoms with Crippen LogP contribution in [0.2, 0.25) is 0 Å². The van der Waals surface area contributed by atoms with Crippen molar-refractivity contribution in [1.82, 2.24) is 0 Å². The first-order valence-corrected chi connectivity index (χ1v) is 6.66. The van der Waals surface area contributed by atoms with Crippen molar-refractivity contribution in [1.29, 1.82) is 0 Å². The molecule has 0 heterocycles. The van der Waals surface area contributed by atoms with Crippen LogP contribution in [0, 0.1) is 0 Å². The molecule has 0 fully saturated rings. The van der Waals surface area contributed by atoms with Crippen molar-refractivity contribution in [2.45, 2.75) is 52.9 Å². The molecule has 0 saturated carbocycles. The quantitative estimate of drug-likeness (QED) is 0.340. The number of carboxylic acids is 2. The van der Waals surface area contributed by atoms with Crippen molar-refractivity contribution in [3.63, 3.8) is 0 Å². The maximum Gasteiger partial charge on any atom is 0.334 e. The van der Waals surface area contributed by atoms with Gasteiger partial charge in [-0.3, -0.25) is 0 Å². The van der Waals surface area contributed by atoms with Gasteiger partial charge in [0.25, 0.3) is 0 Å². The monoisotopic (exact) mass is 344 g/mol. The summed E-state index contributed by atoms with van der Waals surface area (Å²) in [4.78, 5) is 29.2. The second-order valence-corrected chi connectivity index (χ2v) is 3.77. The molecule has 0 aromatic heterocycles. The fourth-order valence-corrected chi connectivity index (χ4v) is 0.263. The summed E-state index contributed by atoms with van der Waals surface area (Å²) in [5.74, 6) is -2.93. The van der Waals surface area contributed by atoms with Gasteiger partial charge in [-0.05, 0) is 34.6 Å². The number of aliphatic carboxylic acids is 2. The van der Waals surface area contributed by atoms with Gasteiger partial charge in [0.1, 0.15) is 18.3 Å². The third-order valence-electron chi connectivity index (χ3n) is 1.34. The van der Waals surface area contributed by atoms with Gasteiger partial charge < -0.3 is 35.4 Å². The van der Waals surface area contributed by atoms with Crippen LogP contribution in [0.4, 0.5) is 0 Å². The molecule has 0 amide bonds. The van der Waals surface area contributed by atoms with Crippen LogP contribution in [0.15, 0.2) is 0 Å². The largest absolute Gasteiger partial charge is 0.479 e. The number of carboxylic acid groups (broad SMARTS) is 2. The van der Waals surface area contributed by atoms with E-state index in [4.69, 9.17) is 30.6 Å². The number of hydrogen-bond acceptors (Lipinski definition) is 8. The van der Waals surface area contributed by atoms with Gasteiger partial charge in [0, 0.05) is 6.61 Å². The Kier molecular flexibility index (Phi) is 25.8. The molecule has 0 saturated heterocycles. The number of aliphatic hydroxyl groups excluding tert-OH is 4. The lowest BCUT2D eigenvalue weighted by Crippen LogP contribution is -2.18. The molecule has 0 aromatic rings. The number of rotatable bonds is 4. The molecule has 23 heavy (non-hydrogen) atoms. The summed E-state index contributed by atoms with van der Waals surface area (Å²) in [5, 5.41) is 47.6. The van der Waals surface area contributed by atoms with E-state index in [1.54, 1.807) is 13.8 Å². The van der Waals surface area contributed by atoms with Gasteiger partial charge in [-0.1, -0.05) is 0 Å². The van der Waals surface area contributed by atoms with E-state index in [0.717, 1.165) is 0 Å². The van der Waals surface area contributed by atoms with Crippen molar-refractivity contribution in [2.75, 3.05) is 13.2 Å². The minimum Gasteiger partial charge on any atom is -0.479 e. The average molecular weight is 344 g/mol. The minimum absolute atomic E-state index is 0.250. The van der Waals surface area contributed by atoms with Crippen LogP contribution < -0.4 is 0 Å². The molecule has 10 nitrogen and oxygen atoms in total. The summed E-state index contributed by atoms with van der Waals surface area (Å²) in [6.07, 6.45) is -3.45. The van der Waals surface area contributed by atoms with Crippen LogP contribution in [0.3, 0.4) is 0 Å². The van der Waals surface area contributed by atoms with Crippen molar-refractivity contribution in [3.8, 4) is 0 Å². The van der Waals surface area contributed by atoms with Gasteiger partial charge in [0.2, 0.25) is 0 Å². The minimum atomic E-state index is -1.23. The van der Waals surface area contributed by atoms with Crippen LogP contribution in [0.25, 0.3) is 0 Å². The number of hydrogen-bond donors (Lipinski definition) is 6. The Balaban J connectivity index is -0.000000110.